The quantitative estimate of drug-likeness (QED) is 0.608. The standard InChI is InChI=1S/C16H17ClN2O3S/c1-11-18-12(10-23-11)6-7-15(20)19-14-5-3-4-13(17)16(14)22-9-8-21-2/h3-7,10H,8-9H2,1-2H3,(H,19,20). The zero-order valence-corrected chi connectivity index (χ0v) is 14.4. The number of anilines is 1. The van der Waals surface area contributed by atoms with Crippen LogP contribution in [0.4, 0.5) is 5.69 Å². The van der Waals surface area contributed by atoms with Crippen LogP contribution in [0.15, 0.2) is 29.7 Å². The van der Waals surface area contributed by atoms with Crippen molar-refractivity contribution in [2.45, 2.75) is 6.92 Å². The van der Waals surface area contributed by atoms with Crippen molar-refractivity contribution in [2.24, 2.45) is 0 Å². The summed E-state index contributed by atoms with van der Waals surface area (Å²) in [6.45, 7) is 2.69. The number of nitrogens with zero attached hydrogens (tertiary/aromatic N) is 1. The van der Waals surface area contributed by atoms with Gasteiger partial charge in [-0.3, -0.25) is 4.79 Å². The number of methoxy groups -OCH3 is 1. The molecule has 23 heavy (non-hydrogen) atoms. The number of carbonyl (C=O) groups is 1. The Balaban J connectivity index is 2.05. The summed E-state index contributed by atoms with van der Waals surface area (Å²) >= 11 is 7.66. The van der Waals surface area contributed by atoms with Gasteiger partial charge in [-0.15, -0.1) is 11.3 Å². The number of ether oxygens (including phenoxy) is 2. The number of aromatic nitrogens is 1. The van der Waals surface area contributed by atoms with E-state index in [0.29, 0.717) is 29.7 Å². The van der Waals surface area contributed by atoms with Crippen LogP contribution in [0.3, 0.4) is 0 Å². The average molecular weight is 353 g/mol. The van der Waals surface area contributed by atoms with Crippen LogP contribution >= 0.6 is 22.9 Å². The number of halogens is 1. The molecule has 0 atom stereocenters. The number of carbonyl (C=O) groups excluding carboxylic acids is 1. The first-order valence-electron chi connectivity index (χ1n) is 6.91. The number of nitrogens with one attached hydrogen (secondary N) is 1. The van der Waals surface area contributed by atoms with Gasteiger partial charge in [0, 0.05) is 18.6 Å². The van der Waals surface area contributed by atoms with Crippen molar-refractivity contribution in [1.82, 2.24) is 4.98 Å². The van der Waals surface area contributed by atoms with Gasteiger partial charge in [-0.2, -0.15) is 0 Å². The molecule has 1 amide bonds. The summed E-state index contributed by atoms with van der Waals surface area (Å²) in [5, 5.41) is 6.02. The van der Waals surface area contributed by atoms with Crippen LogP contribution in [-0.4, -0.2) is 31.2 Å². The highest BCUT2D eigenvalue weighted by molar-refractivity contribution is 7.09. The van der Waals surface area contributed by atoms with Gasteiger partial charge in [-0.1, -0.05) is 17.7 Å². The molecule has 0 aliphatic heterocycles. The fourth-order valence-corrected chi connectivity index (χ4v) is 2.58. The Morgan fingerprint density at radius 2 is 2.26 bits per heavy atom. The SMILES string of the molecule is COCCOc1c(Cl)cccc1NC(=O)C=Cc1csc(C)n1. The first kappa shape index (κ1) is 17.5. The zero-order chi connectivity index (χ0) is 16.7. The normalized spacial score (nSPS) is 10.9. The minimum atomic E-state index is -0.283. The van der Waals surface area contributed by atoms with Gasteiger partial charge in [-0.05, 0) is 25.1 Å². The molecule has 0 spiro atoms. The third-order valence-corrected chi connectivity index (χ3v) is 3.89. The van der Waals surface area contributed by atoms with E-state index < -0.39 is 0 Å². The highest BCUT2D eigenvalue weighted by Gasteiger charge is 2.10. The van der Waals surface area contributed by atoms with Gasteiger partial charge in [0.1, 0.15) is 6.61 Å². The molecule has 7 heteroatoms. The molecule has 0 aliphatic carbocycles. The Bertz CT molecular complexity index is 700. The Morgan fingerprint density at radius 3 is 2.96 bits per heavy atom. The Hall–Kier alpha value is -1.89. The number of para-hydroxylation sites is 1. The van der Waals surface area contributed by atoms with E-state index in [1.165, 1.54) is 17.4 Å². The van der Waals surface area contributed by atoms with Crippen molar-refractivity contribution in [1.29, 1.82) is 0 Å². The summed E-state index contributed by atoms with van der Waals surface area (Å²) in [6.07, 6.45) is 3.09. The Kier molecular flexibility index (Phi) is 6.58. The summed E-state index contributed by atoms with van der Waals surface area (Å²) in [6, 6.07) is 5.18. The van der Waals surface area contributed by atoms with Gasteiger partial charge in [0.25, 0.3) is 0 Å². The summed E-state index contributed by atoms with van der Waals surface area (Å²) in [4.78, 5) is 16.3. The predicted octanol–water partition coefficient (Wildman–Crippen LogP) is 3.78. The van der Waals surface area contributed by atoms with E-state index in [-0.39, 0.29) is 5.91 Å². The fourth-order valence-electron chi connectivity index (χ4n) is 1.77. The van der Waals surface area contributed by atoms with Crippen LogP contribution in [0.1, 0.15) is 10.7 Å². The van der Waals surface area contributed by atoms with Crippen LogP contribution in [0.25, 0.3) is 6.08 Å². The predicted molar refractivity (Wildman–Crippen MR) is 93.3 cm³/mol. The molecular formula is C16H17ClN2O3S. The molecule has 0 aliphatic rings. The summed E-state index contributed by atoms with van der Waals surface area (Å²) < 4.78 is 10.5. The lowest BCUT2D eigenvalue weighted by atomic mass is 10.3. The van der Waals surface area contributed by atoms with E-state index in [1.54, 1.807) is 31.4 Å². The Morgan fingerprint density at radius 1 is 1.43 bits per heavy atom. The van der Waals surface area contributed by atoms with Crippen molar-refractivity contribution in [3.8, 4) is 5.75 Å². The maximum Gasteiger partial charge on any atom is 0.248 e. The number of rotatable bonds is 7. The molecule has 0 saturated heterocycles. The number of amides is 1. The molecule has 2 rings (SSSR count). The molecule has 5 nitrogen and oxygen atoms in total. The molecule has 0 saturated carbocycles. The van der Waals surface area contributed by atoms with E-state index >= 15 is 0 Å². The summed E-state index contributed by atoms with van der Waals surface area (Å²) in [5.41, 5.74) is 1.27. The van der Waals surface area contributed by atoms with E-state index in [2.05, 4.69) is 10.3 Å². The second kappa shape index (κ2) is 8.67. The monoisotopic (exact) mass is 352 g/mol. The zero-order valence-electron chi connectivity index (χ0n) is 12.8. The topological polar surface area (TPSA) is 60.5 Å². The molecule has 122 valence electrons. The average Bonchev–Trinajstić information content (AvgIpc) is 2.94. The van der Waals surface area contributed by atoms with Crippen molar-refractivity contribution < 1.29 is 14.3 Å². The summed E-state index contributed by atoms with van der Waals surface area (Å²) in [7, 11) is 1.59. The lowest BCUT2D eigenvalue weighted by Gasteiger charge is -2.13. The minimum Gasteiger partial charge on any atom is -0.487 e. The van der Waals surface area contributed by atoms with Crippen LogP contribution < -0.4 is 10.1 Å². The fraction of sp³-hybridized carbons (Fsp3) is 0.250. The molecular weight excluding hydrogens is 336 g/mol. The second-order valence-electron chi connectivity index (χ2n) is 4.57. The number of aryl methyl sites for hydroxylation is 1. The molecule has 1 heterocycles. The maximum atomic E-state index is 12.0. The van der Waals surface area contributed by atoms with Gasteiger partial charge in [0.05, 0.1) is 28.0 Å². The third kappa shape index (κ3) is 5.35. The van der Waals surface area contributed by atoms with E-state index in [0.717, 1.165) is 10.7 Å². The third-order valence-electron chi connectivity index (χ3n) is 2.80. The van der Waals surface area contributed by atoms with Gasteiger partial charge >= 0.3 is 0 Å². The minimum absolute atomic E-state index is 0.283. The van der Waals surface area contributed by atoms with E-state index in [9.17, 15) is 4.79 Å². The maximum absolute atomic E-state index is 12.0. The lowest BCUT2D eigenvalue weighted by molar-refractivity contribution is -0.111. The van der Waals surface area contributed by atoms with Crippen LogP contribution in [0.2, 0.25) is 5.02 Å². The van der Waals surface area contributed by atoms with Crippen LogP contribution in [0.5, 0.6) is 5.75 Å². The number of benzene rings is 1. The molecule has 2 aromatic rings. The highest BCUT2D eigenvalue weighted by atomic mass is 35.5. The molecule has 1 aromatic heterocycles. The molecule has 0 radical (unpaired) electrons. The molecule has 0 fully saturated rings. The highest BCUT2D eigenvalue weighted by Crippen LogP contribution is 2.32. The molecule has 1 N–H and O–H groups in total. The second-order valence-corrected chi connectivity index (χ2v) is 6.04. The van der Waals surface area contributed by atoms with Crippen LogP contribution in [0, 0.1) is 6.92 Å². The van der Waals surface area contributed by atoms with Crippen molar-refractivity contribution in [3.05, 3.63) is 45.4 Å². The van der Waals surface area contributed by atoms with E-state index in [4.69, 9.17) is 21.1 Å². The van der Waals surface area contributed by atoms with Gasteiger partial charge in [-0.25, -0.2) is 4.98 Å². The Labute approximate surface area is 143 Å². The number of thiazole rings is 1. The van der Waals surface area contributed by atoms with Crippen LogP contribution in [-0.2, 0) is 9.53 Å². The molecule has 1 aromatic carbocycles. The van der Waals surface area contributed by atoms with E-state index in [1.807, 2.05) is 12.3 Å². The molecule has 0 unspecified atom stereocenters. The van der Waals surface area contributed by atoms with Crippen molar-refractivity contribution in [3.63, 3.8) is 0 Å². The smallest absolute Gasteiger partial charge is 0.248 e. The van der Waals surface area contributed by atoms with Gasteiger partial charge in [0.15, 0.2) is 5.75 Å². The first-order chi connectivity index (χ1) is 11.1. The van der Waals surface area contributed by atoms with Gasteiger partial charge < -0.3 is 14.8 Å². The van der Waals surface area contributed by atoms with Gasteiger partial charge in [0.2, 0.25) is 5.91 Å². The van der Waals surface area contributed by atoms with Crippen molar-refractivity contribution in [2.75, 3.05) is 25.6 Å². The lowest BCUT2D eigenvalue weighted by Crippen LogP contribution is -2.11. The van der Waals surface area contributed by atoms with Crippen molar-refractivity contribution >= 4 is 40.6 Å². The largest absolute Gasteiger partial charge is 0.487 e. The number of hydrogen-bond acceptors (Lipinski definition) is 5. The first-order valence-corrected chi connectivity index (χ1v) is 8.17. The summed E-state index contributed by atoms with van der Waals surface area (Å²) in [5.74, 6) is 0.145. The number of hydrogen-bond donors (Lipinski definition) is 1. The molecule has 0 bridgehead atoms.